The first kappa shape index (κ1) is 3.61. The molecule has 1 heterocycles. The predicted molar refractivity (Wildman–Crippen MR) is 24.9 cm³/mol. The van der Waals surface area contributed by atoms with Crippen molar-refractivity contribution in [2.45, 2.75) is 0 Å². The molecule has 32 valence electrons. The topological polar surface area (TPSA) is 32.9 Å². The summed E-state index contributed by atoms with van der Waals surface area (Å²) in [4.78, 5) is 10.1. The Balaban J connectivity index is 3.41. The summed E-state index contributed by atoms with van der Waals surface area (Å²) in [5.74, 6) is 0. The molecule has 0 saturated heterocycles. The van der Waals surface area contributed by atoms with Crippen LogP contribution < -0.4 is 4.74 Å². The second kappa shape index (κ2) is 1.26. The standard InChI is InChI=1S/C3H3NOS/c5-3-1-2-4-6-3/h1-2,4H. The van der Waals surface area contributed by atoms with Gasteiger partial charge >= 0.3 is 0 Å². The Morgan fingerprint density at radius 2 is 2.67 bits per heavy atom. The lowest BCUT2D eigenvalue weighted by Crippen LogP contribution is -1.78. The third-order valence-corrected chi connectivity index (χ3v) is 1.04. The van der Waals surface area contributed by atoms with E-state index in [4.69, 9.17) is 0 Å². The fraction of sp³-hybridized carbons (Fsp3) is 0. The highest BCUT2D eigenvalue weighted by Gasteiger charge is 1.73. The van der Waals surface area contributed by atoms with Crippen LogP contribution in [0.2, 0.25) is 0 Å². The number of hydrogen-bond donors (Lipinski definition) is 1. The zero-order valence-electron chi connectivity index (χ0n) is 2.97. The largest absolute Gasteiger partial charge is 0.315 e. The highest BCUT2D eigenvalue weighted by Crippen LogP contribution is 1.72. The van der Waals surface area contributed by atoms with Gasteiger partial charge in [-0.15, -0.1) is 0 Å². The minimum absolute atomic E-state index is 0.0787. The number of aromatic amines is 1. The maximum absolute atomic E-state index is 10.1. The van der Waals surface area contributed by atoms with Gasteiger partial charge in [-0.1, -0.05) is 0 Å². The first-order valence-corrected chi connectivity index (χ1v) is 2.34. The van der Waals surface area contributed by atoms with Crippen LogP contribution in [0.4, 0.5) is 0 Å². The zero-order chi connectivity index (χ0) is 4.41. The van der Waals surface area contributed by atoms with Crippen LogP contribution >= 0.6 is 11.5 Å². The van der Waals surface area contributed by atoms with Crippen molar-refractivity contribution in [2.24, 2.45) is 0 Å². The average Bonchev–Trinajstić information content (AvgIpc) is 1.86. The molecule has 0 aliphatic heterocycles. The van der Waals surface area contributed by atoms with Gasteiger partial charge < -0.3 is 4.37 Å². The summed E-state index contributed by atoms with van der Waals surface area (Å²) in [6, 6.07) is 1.49. The van der Waals surface area contributed by atoms with E-state index in [1.807, 2.05) is 0 Å². The molecule has 3 heteroatoms. The summed E-state index contributed by atoms with van der Waals surface area (Å²) in [7, 11) is 0. The number of rotatable bonds is 0. The molecule has 1 aromatic rings. The molecule has 1 N–H and O–H groups in total. The minimum Gasteiger partial charge on any atom is -0.315 e. The van der Waals surface area contributed by atoms with Gasteiger partial charge in [0.2, 0.25) is 4.74 Å². The number of hydrogen-bond acceptors (Lipinski definition) is 2. The lowest BCUT2D eigenvalue weighted by atomic mass is 10.8. The van der Waals surface area contributed by atoms with Crippen molar-refractivity contribution >= 4 is 11.5 Å². The van der Waals surface area contributed by atoms with Crippen LogP contribution in [0.15, 0.2) is 17.1 Å². The molecule has 0 atom stereocenters. The molecule has 0 fully saturated rings. The van der Waals surface area contributed by atoms with Gasteiger partial charge in [0.1, 0.15) is 0 Å². The Kier molecular flexibility index (Phi) is 0.759. The van der Waals surface area contributed by atoms with Crippen LogP contribution in [0, 0.1) is 0 Å². The Hall–Kier alpha value is -0.570. The molecule has 0 aliphatic carbocycles. The summed E-state index contributed by atoms with van der Waals surface area (Å²) in [6.45, 7) is 0. The Bertz CT molecular complexity index is 149. The predicted octanol–water partition coefficient (Wildman–Crippen LogP) is 0.436. The van der Waals surface area contributed by atoms with E-state index in [0.29, 0.717) is 0 Å². The quantitative estimate of drug-likeness (QED) is 0.505. The molecule has 0 amide bonds. The second-order valence-electron chi connectivity index (χ2n) is 0.872. The lowest BCUT2D eigenvalue weighted by Gasteiger charge is -1.47. The van der Waals surface area contributed by atoms with Crippen LogP contribution in [0.5, 0.6) is 0 Å². The molecule has 0 unspecified atom stereocenters. The zero-order valence-corrected chi connectivity index (χ0v) is 3.79. The monoisotopic (exact) mass is 101 g/mol. The average molecular weight is 101 g/mol. The highest BCUT2D eigenvalue weighted by molar-refractivity contribution is 7.03. The Morgan fingerprint density at radius 1 is 1.83 bits per heavy atom. The number of H-pyrrole nitrogens is 1. The van der Waals surface area contributed by atoms with Gasteiger partial charge in [-0.3, -0.25) is 4.79 Å². The number of aromatic nitrogens is 1. The van der Waals surface area contributed by atoms with E-state index in [1.165, 1.54) is 6.07 Å². The van der Waals surface area contributed by atoms with E-state index in [0.717, 1.165) is 11.5 Å². The van der Waals surface area contributed by atoms with E-state index in [1.54, 1.807) is 6.20 Å². The van der Waals surface area contributed by atoms with Crippen LogP contribution in [0.3, 0.4) is 0 Å². The van der Waals surface area contributed by atoms with Crippen LogP contribution in [0.25, 0.3) is 0 Å². The minimum atomic E-state index is 0.0787. The molecule has 0 aromatic carbocycles. The summed E-state index contributed by atoms with van der Waals surface area (Å²) >= 11 is 1.10. The summed E-state index contributed by atoms with van der Waals surface area (Å²) < 4.78 is 2.74. The summed E-state index contributed by atoms with van der Waals surface area (Å²) in [6.07, 6.45) is 1.62. The Morgan fingerprint density at radius 3 is 2.83 bits per heavy atom. The van der Waals surface area contributed by atoms with Crippen molar-refractivity contribution in [3.8, 4) is 0 Å². The van der Waals surface area contributed by atoms with E-state index in [2.05, 4.69) is 4.37 Å². The molecular weight excluding hydrogens is 98.1 g/mol. The van der Waals surface area contributed by atoms with Gasteiger partial charge in [0, 0.05) is 12.3 Å². The van der Waals surface area contributed by atoms with Gasteiger partial charge in [-0.05, 0) is 11.5 Å². The molecule has 1 aromatic heterocycles. The third-order valence-electron chi connectivity index (χ3n) is 0.447. The summed E-state index contributed by atoms with van der Waals surface area (Å²) in [5.41, 5.74) is 0. The van der Waals surface area contributed by atoms with Crippen LogP contribution in [0.1, 0.15) is 0 Å². The van der Waals surface area contributed by atoms with Crippen molar-refractivity contribution < 1.29 is 0 Å². The van der Waals surface area contributed by atoms with E-state index in [9.17, 15) is 4.79 Å². The van der Waals surface area contributed by atoms with Gasteiger partial charge in [0.25, 0.3) is 0 Å². The van der Waals surface area contributed by atoms with Gasteiger partial charge in [0.05, 0.1) is 0 Å². The molecular formula is C3H3NOS. The molecule has 0 spiro atoms. The molecule has 0 saturated carbocycles. The number of nitrogens with one attached hydrogen (secondary N) is 1. The van der Waals surface area contributed by atoms with Crippen LogP contribution in [-0.2, 0) is 0 Å². The third kappa shape index (κ3) is 0.490. The molecule has 0 bridgehead atoms. The van der Waals surface area contributed by atoms with Crippen molar-refractivity contribution in [1.82, 2.24) is 4.37 Å². The van der Waals surface area contributed by atoms with Gasteiger partial charge in [-0.25, -0.2) is 0 Å². The van der Waals surface area contributed by atoms with Crippen molar-refractivity contribution in [3.63, 3.8) is 0 Å². The van der Waals surface area contributed by atoms with Crippen molar-refractivity contribution in [3.05, 3.63) is 21.8 Å². The molecule has 1 rings (SSSR count). The molecule has 0 aliphatic rings. The van der Waals surface area contributed by atoms with Gasteiger partial charge in [0.15, 0.2) is 0 Å². The van der Waals surface area contributed by atoms with Crippen molar-refractivity contribution in [1.29, 1.82) is 0 Å². The lowest BCUT2D eigenvalue weighted by molar-refractivity contribution is 1.58. The molecule has 0 radical (unpaired) electrons. The van der Waals surface area contributed by atoms with E-state index in [-0.39, 0.29) is 4.74 Å². The molecule has 6 heavy (non-hydrogen) atoms. The first-order valence-electron chi connectivity index (χ1n) is 1.52. The summed E-state index contributed by atoms with van der Waals surface area (Å²) in [5, 5.41) is 0. The van der Waals surface area contributed by atoms with Gasteiger partial charge in [-0.2, -0.15) is 0 Å². The maximum Gasteiger partial charge on any atom is 0.249 e. The fourth-order valence-corrected chi connectivity index (χ4v) is 0.616. The van der Waals surface area contributed by atoms with E-state index < -0.39 is 0 Å². The maximum atomic E-state index is 10.1. The normalized spacial score (nSPS) is 8.67. The second-order valence-corrected chi connectivity index (χ2v) is 1.71. The van der Waals surface area contributed by atoms with Crippen LogP contribution in [-0.4, -0.2) is 4.37 Å². The highest BCUT2D eigenvalue weighted by atomic mass is 32.1. The van der Waals surface area contributed by atoms with E-state index >= 15 is 0 Å². The molecule has 2 nitrogen and oxygen atoms in total. The Labute approximate surface area is 38.6 Å². The SMILES string of the molecule is O=c1cc[nH]s1. The van der Waals surface area contributed by atoms with Crippen molar-refractivity contribution in [2.75, 3.05) is 0 Å². The smallest absolute Gasteiger partial charge is 0.249 e. The first-order chi connectivity index (χ1) is 2.89. The fourth-order valence-electron chi connectivity index (χ4n) is 0.228.